The molecular weight excluding hydrogens is 340 g/mol. The van der Waals surface area contributed by atoms with Gasteiger partial charge in [0.1, 0.15) is 0 Å². The van der Waals surface area contributed by atoms with Gasteiger partial charge in [-0.05, 0) is 41.0 Å². The van der Waals surface area contributed by atoms with Crippen LogP contribution in [0.25, 0.3) is 10.8 Å². The molecular formula is C21H18N4S. The number of aromatic amines is 1. The molecule has 0 atom stereocenters. The van der Waals surface area contributed by atoms with Gasteiger partial charge in [-0.15, -0.1) is 0 Å². The highest BCUT2D eigenvalue weighted by atomic mass is 32.1. The average Bonchev–Trinajstić information content (AvgIpc) is 3.00. The maximum atomic E-state index is 5.36. The highest BCUT2D eigenvalue weighted by molar-refractivity contribution is 7.71. The van der Waals surface area contributed by atoms with E-state index in [0.29, 0.717) is 11.2 Å². The summed E-state index contributed by atoms with van der Waals surface area (Å²) in [6.45, 7) is 2.06. The van der Waals surface area contributed by atoms with E-state index < -0.39 is 0 Å². The van der Waals surface area contributed by atoms with Crippen molar-refractivity contribution in [1.82, 2.24) is 14.9 Å². The molecule has 3 aromatic carbocycles. The Labute approximate surface area is 156 Å². The third kappa shape index (κ3) is 3.34. The first-order chi connectivity index (χ1) is 12.7. The van der Waals surface area contributed by atoms with Gasteiger partial charge in [0.05, 0.1) is 6.21 Å². The maximum absolute atomic E-state index is 5.36. The fraction of sp³-hybridized carbons (Fsp3) is 0.0952. The van der Waals surface area contributed by atoms with E-state index in [9.17, 15) is 0 Å². The Kier molecular flexibility index (Phi) is 4.46. The number of hydrogen-bond donors (Lipinski definition) is 1. The summed E-state index contributed by atoms with van der Waals surface area (Å²) in [6, 6.07) is 22.8. The van der Waals surface area contributed by atoms with Gasteiger partial charge in [-0.3, -0.25) is 5.10 Å². The molecule has 4 rings (SSSR count). The molecule has 26 heavy (non-hydrogen) atoms. The van der Waals surface area contributed by atoms with Gasteiger partial charge in [-0.25, -0.2) is 0 Å². The van der Waals surface area contributed by atoms with Crippen LogP contribution in [0.1, 0.15) is 22.5 Å². The van der Waals surface area contributed by atoms with Crippen LogP contribution >= 0.6 is 12.2 Å². The van der Waals surface area contributed by atoms with Crippen LogP contribution in [0.3, 0.4) is 0 Å². The third-order valence-electron chi connectivity index (χ3n) is 4.31. The number of benzene rings is 3. The molecule has 0 radical (unpaired) electrons. The SMILES string of the molecule is Cc1cccc(/C=N\n2c(Cc3cccc4ccccc34)n[nH]c2=S)c1. The van der Waals surface area contributed by atoms with Gasteiger partial charge in [0.25, 0.3) is 0 Å². The molecule has 0 unspecified atom stereocenters. The van der Waals surface area contributed by atoms with Crippen LogP contribution in [-0.2, 0) is 6.42 Å². The first kappa shape index (κ1) is 16.4. The van der Waals surface area contributed by atoms with Gasteiger partial charge in [0.15, 0.2) is 5.82 Å². The minimum atomic E-state index is 0.490. The van der Waals surface area contributed by atoms with Gasteiger partial charge >= 0.3 is 0 Å². The highest BCUT2D eigenvalue weighted by Gasteiger charge is 2.08. The fourth-order valence-corrected chi connectivity index (χ4v) is 3.25. The molecule has 0 aliphatic rings. The zero-order chi connectivity index (χ0) is 17.9. The second kappa shape index (κ2) is 7.06. The molecule has 0 saturated carbocycles. The molecule has 0 saturated heterocycles. The second-order valence-electron chi connectivity index (χ2n) is 6.23. The number of hydrogen-bond acceptors (Lipinski definition) is 3. The molecule has 0 amide bonds. The van der Waals surface area contributed by atoms with E-state index in [-0.39, 0.29) is 0 Å². The minimum absolute atomic E-state index is 0.490. The number of aromatic nitrogens is 3. The first-order valence-electron chi connectivity index (χ1n) is 8.45. The number of H-pyrrole nitrogens is 1. The lowest BCUT2D eigenvalue weighted by Crippen LogP contribution is -2.01. The molecule has 0 spiro atoms. The Morgan fingerprint density at radius 2 is 1.88 bits per heavy atom. The molecule has 1 N–H and O–H groups in total. The smallest absolute Gasteiger partial charge is 0.216 e. The summed E-state index contributed by atoms with van der Waals surface area (Å²) in [5.41, 5.74) is 3.43. The van der Waals surface area contributed by atoms with Crippen molar-refractivity contribution >= 4 is 29.2 Å². The number of nitrogens with zero attached hydrogens (tertiary/aromatic N) is 3. The Morgan fingerprint density at radius 3 is 2.77 bits per heavy atom. The van der Waals surface area contributed by atoms with Crippen molar-refractivity contribution in [2.75, 3.05) is 0 Å². The van der Waals surface area contributed by atoms with E-state index in [1.54, 1.807) is 4.68 Å². The van der Waals surface area contributed by atoms with Crippen LogP contribution in [0.5, 0.6) is 0 Å². The number of aryl methyl sites for hydroxylation is 1. The Bertz CT molecular complexity index is 1150. The Hall–Kier alpha value is -3.05. The van der Waals surface area contributed by atoms with Crippen molar-refractivity contribution < 1.29 is 0 Å². The van der Waals surface area contributed by atoms with Crippen molar-refractivity contribution in [3.05, 3.63) is 94.0 Å². The van der Waals surface area contributed by atoms with Crippen molar-refractivity contribution in [1.29, 1.82) is 0 Å². The second-order valence-corrected chi connectivity index (χ2v) is 6.62. The van der Waals surface area contributed by atoms with E-state index in [4.69, 9.17) is 12.2 Å². The topological polar surface area (TPSA) is 46.0 Å². The predicted molar refractivity (Wildman–Crippen MR) is 108 cm³/mol. The van der Waals surface area contributed by atoms with Crippen LogP contribution in [0.2, 0.25) is 0 Å². The molecule has 4 aromatic rings. The summed E-state index contributed by atoms with van der Waals surface area (Å²) < 4.78 is 2.18. The summed E-state index contributed by atoms with van der Waals surface area (Å²) in [5, 5.41) is 14.2. The van der Waals surface area contributed by atoms with Crippen molar-refractivity contribution in [2.24, 2.45) is 5.10 Å². The molecule has 1 heterocycles. The average molecular weight is 358 g/mol. The van der Waals surface area contributed by atoms with Crippen LogP contribution in [0.15, 0.2) is 71.8 Å². The van der Waals surface area contributed by atoms with Gasteiger partial charge in [0.2, 0.25) is 4.77 Å². The van der Waals surface area contributed by atoms with E-state index in [1.165, 1.54) is 21.9 Å². The van der Waals surface area contributed by atoms with Crippen LogP contribution < -0.4 is 0 Å². The minimum Gasteiger partial charge on any atom is -0.250 e. The van der Waals surface area contributed by atoms with E-state index in [1.807, 2.05) is 24.4 Å². The summed E-state index contributed by atoms with van der Waals surface area (Å²) in [6.07, 6.45) is 2.46. The molecule has 4 nitrogen and oxygen atoms in total. The van der Waals surface area contributed by atoms with Gasteiger partial charge in [0, 0.05) is 6.42 Å². The summed E-state index contributed by atoms with van der Waals surface area (Å²) in [5.74, 6) is 0.787. The van der Waals surface area contributed by atoms with Crippen LogP contribution in [-0.4, -0.2) is 21.1 Å². The van der Waals surface area contributed by atoms with Crippen LogP contribution in [0.4, 0.5) is 0 Å². The normalized spacial score (nSPS) is 11.4. The number of rotatable bonds is 4. The van der Waals surface area contributed by atoms with Crippen molar-refractivity contribution in [3.8, 4) is 0 Å². The zero-order valence-electron chi connectivity index (χ0n) is 14.4. The zero-order valence-corrected chi connectivity index (χ0v) is 15.2. The fourth-order valence-electron chi connectivity index (χ4n) is 3.05. The standard InChI is InChI=1S/C21H18N4S/c1-15-6-4-7-16(12-15)14-22-25-20(23-24-21(25)26)13-18-10-5-9-17-8-2-3-11-19(17)18/h2-12,14H,13H2,1H3,(H,24,26)/b22-14-. The Morgan fingerprint density at radius 1 is 1.08 bits per heavy atom. The number of nitrogens with one attached hydrogen (secondary N) is 1. The van der Waals surface area contributed by atoms with E-state index in [0.717, 1.165) is 11.4 Å². The quantitative estimate of drug-likeness (QED) is 0.418. The van der Waals surface area contributed by atoms with Crippen LogP contribution in [0, 0.1) is 11.7 Å². The molecule has 5 heteroatoms. The predicted octanol–water partition coefficient (Wildman–Crippen LogP) is 4.88. The summed E-state index contributed by atoms with van der Waals surface area (Å²) >= 11 is 5.36. The van der Waals surface area contributed by atoms with Crippen molar-refractivity contribution in [3.63, 3.8) is 0 Å². The molecule has 1 aromatic heterocycles. The lowest BCUT2D eigenvalue weighted by Gasteiger charge is -2.06. The lowest BCUT2D eigenvalue weighted by atomic mass is 10.0. The molecule has 0 aliphatic heterocycles. The maximum Gasteiger partial charge on any atom is 0.216 e. The van der Waals surface area contributed by atoms with Gasteiger partial charge in [-0.1, -0.05) is 72.3 Å². The van der Waals surface area contributed by atoms with Gasteiger partial charge in [-0.2, -0.15) is 14.9 Å². The summed E-state index contributed by atoms with van der Waals surface area (Å²) in [4.78, 5) is 0. The molecule has 0 aliphatic carbocycles. The first-order valence-corrected chi connectivity index (χ1v) is 8.85. The largest absolute Gasteiger partial charge is 0.250 e. The van der Waals surface area contributed by atoms with E-state index in [2.05, 4.69) is 70.8 Å². The molecule has 128 valence electrons. The molecule has 0 bridgehead atoms. The third-order valence-corrected chi connectivity index (χ3v) is 4.57. The number of fused-ring (bicyclic) bond motifs is 1. The monoisotopic (exact) mass is 358 g/mol. The molecule has 0 fully saturated rings. The lowest BCUT2D eigenvalue weighted by molar-refractivity contribution is 0.793. The van der Waals surface area contributed by atoms with E-state index >= 15 is 0 Å². The summed E-state index contributed by atoms with van der Waals surface area (Å²) in [7, 11) is 0. The van der Waals surface area contributed by atoms with Crippen molar-refractivity contribution in [2.45, 2.75) is 13.3 Å². The Balaban J connectivity index is 1.69. The highest BCUT2D eigenvalue weighted by Crippen LogP contribution is 2.20. The van der Waals surface area contributed by atoms with Gasteiger partial charge < -0.3 is 0 Å².